The molecule has 1 rings (SSSR count). The van der Waals surface area contributed by atoms with Crippen LogP contribution in [0.15, 0.2) is 0 Å². The Kier molecular flexibility index (Phi) is 2.52. The third-order valence-corrected chi connectivity index (χ3v) is 2.48. The fourth-order valence-electron chi connectivity index (χ4n) is 1.72. The summed E-state index contributed by atoms with van der Waals surface area (Å²) in [5.41, 5.74) is 5.88. The van der Waals surface area contributed by atoms with Crippen molar-refractivity contribution in [3.8, 4) is 0 Å². The Morgan fingerprint density at radius 2 is 2.00 bits per heavy atom. The summed E-state index contributed by atoms with van der Waals surface area (Å²) in [6, 6.07) is 0.493. The second kappa shape index (κ2) is 3.21. The van der Waals surface area contributed by atoms with Crippen molar-refractivity contribution in [2.45, 2.75) is 45.1 Å². The Bertz CT molecular complexity index is 74.6. The van der Waals surface area contributed by atoms with Gasteiger partial charge in [0, 0.05) is 6.04 Å². The first-order valence-corrected chi connectivity index (χ1v) is 4.10. The second-order valence-corrected chi connectivity index (χ2v) is 3.12. The molecule has 2 N–H and O–H groups in total. The molecule has 1 fully saturated rings. The van der Waals surface area contributed by atoms with Crippen LogP contribution in [0, 0.1) is 5.92 Å². The summed E-state index contributed by atoms with van der Waals surface area (Å²) in [7, 11) is 0. The fraction of sp³-hybridized carbons (Fsp3) is 1.00. The van der Waals surface area contributed by atoms with Crippen LogP contribution in [0.2, 0.25) is 0 Å². The summed E-state index contributed by atoms with van der Waals surface area (Å²) in [5.74, 6) is 0.856. The van der Waals surface area contributed by atoms with Gasteiger partial charge >= 0.3 is 0 Å². The Balaban J connectivity index is 2.24. The summed E-state index contributed by atoms with van der Waals surface area (Å²) in [5, 5.41) is 0. The molecule has 0 aromatic heterocycles. The lowest BCUT2D eigenvalue weighted by Crippen LogP contribution is -2.26. The van der Waals surface area contributed by atoms with Crippen LogP contribution in [0.25, 0.3) is 0 Å². The van der Waals surface area contributed by atoms with E-state index in [1.165, 1.54) is 25.7 Å². The quantitative estimate of drug-likeness (QED) is 0.602. The lowest BCUT2D eigenvalue weighted by Gasteiger charge is -2.15. The van der Waals surface area contributed by atoms with Crippen LogP contribution in [-0.2, 0) is 0 Å². The van der Waals surface area contributed by atoms with Crippen molar-refractivity contribution in [2.75, 3.05) is 0 Å². The number of hydrogen-bond acceptors (Lipinski definition) is 1. The van der Waals surface area contributed by atoms with E-state index in [-0.39, 0.29) is 0 Å². The van der Waals surface area contributed by atoms with Crippen LogP contribution in [-0.4, -0.2) is 6.04 Å². The molecule has 0 aromatic carbocycles. The standard InChI is InChI=1S/C8H17N/c1-2-8(9)7-5-3-4-6-7/h7-8H,2-6,9H2,1H3/t8-/m1/s1. The van der Waals surface area contributed by atoms with Crippen molar-refractivity contribution in [1.29, 1.82) is 0 Å². The van der Waals surface area contributed by atoms with Gasteiger partial charge in [0.15, 0.2) is 0 Å². The smallest absolute Gasteiger partial charge is 0.00645 e. The number of nitrogens with two attached hydrogens (primary N) is 1. The molecular weight excluding hydrogens is 110 g/mol. The largest absolute Gasteiger partial charge is 0.327 e. The Morgan fingerprint density at radius 3 is 2.44 bits per heavy atom. The molecule has 0 radical (unpaired) electrons. The molecule has 1 aliphatic carbocycles. The normalized spacial score (nSPS) is 24.7. The van der Waals surface area contributed by atoms with E-state index in [0.29, 0.717) is 6.04 Å². The van der Waals surface area contributed by atoms with Crippen molar-refractivity contribution in [3.05, 3.63) is 0 Å². The second-order valence-electron chi connectivity index (χ2n) is 3.12. The lowest BCUT2D eigenvalue weighted by atomic mass is 9.97. The minimum atomic E-state index is 0.493. The van der Waals surface area contributed by atoms with Gasteiger partial charge in [-0.1, -0.05) is 19.8 Å². The predicted molar refractivity (Wildman–Crippen MR) is 40.2 cm³/mol. The molecule has 0 unspecified atom stereocenters. The van der Waals surface area contributed by atoms with Crippen molar-refractivity contribution in [2.24, 2.45) is 11.7 Å². The van der Waals surface area contributed by atoms with E-state index < -0.39 is 0 Å². The van der Waals surface area contributed by atoms with Gasteiger partial charge in [-0.3, -0.25) is 0 Å². The summed E-state index contributed by atoms with van der Waals surface area (Å²) in [6.45, 7) is 2.18. The summed E-state index contributed by atoms with van der Waals surface area (Å²) in [6.07, 6.45) is 6.76. The van der Waals surface area contributed by atoms with Crippen molar-refractivity contribution >= 4 is 0 Å². The monoisotopic (exact) mass is 127 g/mol. The van der Waals surface area contributed by atoms with E-state index in [9.17, 15) is 0 Å². The van der Waals surface area contributed by atoms with E-state index in [1.807, 2.05) is 0 Å². The molecule has 0 spiro atoms. The third kappa shape index (κ3) is 1.68. The molecule has 1 saturated carbocycles. The van der Waals surface area contributed by atoms with Gasteiger partial charge in [0.1, 0.15) is 0 Å². The van der Waals surface area contributed by atoms with Crippen LogP contribution in [0.4, 0.5) is 0 Å². The highest BCUT2D eigenvalue weighted by Crippen LogP contribution is 2.27. The maximum atomic E-state index is 5.88. The topological polar surface area (TPSA) is 26.0 Å². The molecule has 54 valence electrons. The SMILES string of the molecule is CC[C@@H](N)C1CCCC1. The molecule has 1 nitrogen and oxygen atoms in total. The highest BCUT2D eigenvalue weighted by atomic mass is 14.6. The van der Waals surface area contributed by atoms with Gasteiger partial charge in [0.25, 0.3) is 0 Å². The first-order valence-electron chi connectivity index (χ1n) is 4.10. The van der Waals surface area contributed by atoms with Crippen LogP contribution in [0.5, 0.6) is 0 Å². The van der Waals surface area contributed by atoms with Gasteiger partial charge in [-0.2, -0.15) is 0 Å². The van der Waals surface area contributed by atoms with E-state index in [2.05, 4.69) is 6.92 Å². The van der Waals surface area contributed by atoms with Crippen LogP contribution in [0.3, 0.4) is 0 Å². The van der Waals surface area contributed by atoms with Crippen LogP contribution < -0.4 is 5.73 Å². The van der Waals surface area contributed by atoms with Gasteiger partial charge in [-0.15, -0.1) is 0 Å². The Labute approximate surface area is 57.6 Å². The van der Waals surface area contributed by atoms with Gasteiger partial charge in [0.2, 0.25) is 0 Å². The average molecular weight is 127 g/mol. The zero-order valence-corrected chi connectivity index (χ0v) is 6.27. The van der Waals surface area contributed by atoms with E-state index in [1.54, 1.807) is 0 Å². The molecule has 1 heteroatoms. The average Bonchev–Trinajstić information content (AvgIpc) is 2.37. The maximum Gasteiger partial charge on any atom is 0.00645 e. The molecular formula is C8H17N. The minimum absolute atomic E-state index is 0.493. The predicted octanol–water partition coefficient (Wildman–Crippen LogP) is 1.91. The van der Waals surface area contributed by atoms with Crippen molar-refractivity contribution in [3.63, 3.8) is 0 Å². The minimum Gasteiger partial charge on any atom is -0.327 e. The highest BCUT2D eigenvalue weighted by Gasteiger charge is 2.19. The van der Waals surface area contributed by atoms with Crippen LogP contribution >= 0.6 is 0 Å². The Hall–Kier alpha value is -0.0400. The zero-order valence-electron chi connectivity index (χ0n) is 6.27. The molecule has 0 bridgehead atoms. The van der Waals surface area contributed by atoms with E-state index in [0.717, 1.165) is 12.3 Å². The van der Waals surface area contributed by atoms with Gasteiger partial charge in [-0.25, -0.2) is 0 Å². The highest BCUT2D eigenvalue weighted by molar-refractivity contribution is 4.76. The molecule has 0 aromatic rings. The zero-order chi connectivity index (χ0) is 6.69. The number of rotatable bonds is 2. The first-order chi connectivity index (χ1) is 4.34. The summed E-state index contributed by atoms with van der Waals surface area (Å²) < 4.78 is 0. The Morgan fingerprint density at radius 1 is 1.44 bits per heavy atom. The van der Waals surface area contributed by atoms with Crippen molar-refractivity contribution < 1.29 is 0 Å². The third-order valence-electron chi connectivity index (χ3n) is 2.48. The van der Waals surface area contributed by atoms with Crippen LogP contribution in [0.1, 0.15) is 39.0 Å². The van der Waals surface area contributed by atoms with E-state index in [4.69, 9.17) is 5.73 Å². The molecule has 9 heavy (non-hydrogen) atoms. The molecule has 1 atom stereocenters. The molecule has 0 saturated heterocycles. The molecule has 0 heterocycles. The molecule has 0 aliphatic heterocycles. The van der Waals surface area contributed by atoms with Gasteiger partial charge in [-0.05, 0) is 25.2 Å². The van der Waals surface area contributed by atoms with Gasteiger partial charge < -0.3 is 5.73 Å². The maximum absolute atomic E-state index is 5.88. The summed E-state index contributed by atoms with van der Waals surface area (Å²) >= 11 is 0. The first kappa shape index (κ1) is 7.07. The van der Waals surface area contributed by atoms with Crippen molar-refractivity contribution in [1.82, 2.24) is 0 Å². The molecule has 0 amide bonds. The number of hydrogen-bond donors (Lipinski definition) is 1. The van der Waals surface area contributed by atoms with E-state index >= 15 is 0 Å². The fourth-order valence-corrected chi connectivity index (χ4v) is 1.72. The molecule has 1 aliphatic rings. The lowest BCUT2D eigenvalue weighted by molar-refractivity contribution is 0.422. The van der Waals surface area contributed by atoms with Gasteiger partial charge in [0.05, 0.1) is 0 Å². The summed E-state index contributed by atoms with van der Waals surface area (Å²) in [4.78, 5) is 0.